The predicted molar refractivity (Wildman–Crippen MR) is 45.8 cm³/mol. The molecule has 4 heteroatoms. The van der Waals surface area contributed by atoms with Gasteiger partial charge in [-0.25, -0.2) is 15.0 Å². The number of imidazole rings is 1. The van der Waals surface area contributed by atoms with E-state index in [1.807, 2.05) is 6.92 Å². The highest BCUT2D eigenvalue weighted by Crippen LogP contribution is 2.10. The molecule has 0 unspecified atom stereocenters. The van der Waals surface area contributed by atoms with Gasteiger partial charge in [-0.2, -0.15) is 0 Å². The Morgan fingerprint density at radius 1 is 1.42 bits per heavy atom. The van der Waals surface area contributed by atoms with E-state index in [1.54, 1.807) is 6.33 Å². The molecule has 0 radical (unpaired) electrons. The summed E-state index contributed by atoms with van der Waals surface area (Å²) in [5.41, 5.74) is 2.76. The van der Waals surface area contributed by atoms with Crippen LogP contribution in [0.4, 0.5) is 0 Å². The number of hydrogen-bond donors (Lipinski definition) is 1. The van der Waals surface area contributed by atoms with E-state index in [2.05, 4.69) is 26.9 Å². The largest absolute Gasteiger partial charge is 0.342 e. The van der Waals surface area contributed by atoms with Gasteiger partial charge in [-0.15, -0.1) is 0 Å². The maximum atomic E-state index is 4.31. The first kappa shape index (κ1) is 7.21. The Labute approximate surface area is 70.1 Å². The number of aromatic nitrogens is 4. The van der Waals surface area contributed by atoms with Crippen molar-refractivity contribution in [3.05, 3.63) is 17.8 Å². The maximum absolute atomic E-state index is 4.31. The smallest absolute Gasteiger partial charge is 0.181 e. The monoisotopic (exact) mass is 162 g/mol. The van der Waals surface area contributed by atoms with E-state index in [0.29, 0.717) is 0 Å². The van der Waals surface area contributed by atoms with E-state index < -0.39 is 0 Å². The standard InChI is InChI=1S/C8H10N4/c1-3-6-7-8(10-4-9-7)12-5(2)11-6/h4H,3H2,1-2H3,(H,9,10,11,12). The number of H-pyrrole nitrogens is 1. The fourth-order valence-corrected chi connectivity index (χ4v) is 1.27. The van der Waals surface area contributed by atoms with Gasteiger partial charge in [-0.3, -0.25) is 0 Å². The molecule has 12 heavy (non-hydrogen) atoms. The molecule has 0 fully saturated rings. The third-order valence-electron chi connectivity index (χ3n) is 1.81. The van der Waals surface area contributed by atoms with Gasteiger partial charge in [-0.05, 0) is 13.3 Å². The molecule has 0 bridgehead atoms. The van der Waals surface area contributed by atoms with Gasteiger partial charge >= 0.3 is 0 Å². The molecule has 2 aromatic heterocycles. The lowest BCUT2D eigenvalue weighted by molar-refractivity contribution is 0.974. The molecular formula is C8H10N4. The van der Waals surface area contributed by atoms with Crippen LogP contribution in [0, 0.1) is 6.92 Å². The van der Waals surface area contributed by atoms with E-state index in [1.165, 1.54) is 0 Å². The van der Waals surface area contributed by atoms with E-state index in [4.69, 9.17) is 0 Å². The lowest BCUT2D eigenvalue weighted by Crippen LogP contribution is -1.95. The fourth-order valence-electron chi connectivity index (χ4n) is 1.27. The topological polar surface area (TPSA) is 54.5 Å². The predicted octanol–water partition coefficient (Wildman–Crippen LogP) is 1.22. The molecule has 0 aliphatic rings. The highest BCUT2D eigenvalue weighted by atomic mass is 15.0. The van der Waals surface area contributed by atoms with Crippen LogP contribution in [0.3, 0.4) is 0 Å². The molecule has 2 aromatic rings. The zero-order valence-electron chi connectivity index (χ0n) is 7.13. The SMILES string of the molecule is CCc1nc(C)nc2nc[nH]c12. The van der Waals surface area contributed by atoms with E-state index >= 15 is 0 Å². The summed E-state index contributed by atoms with van der Waals surface area (Å²) < 4.78 is 0. The molecular weight excluding hydrogens is 152 g/mol. The Bertz CT molecular complexity index is 404. The average Bonchev–Trinajstić information content (AvgIpc) is 2.50. The number of nitrogens with zero attached hydrogens (tertiary/aromatic N) is 3. The highest BCUT2D eigenvalue weighted by Gasteiger charge is 2.04. The van der Waals surface area contributed by atoms with Crippen LogP contribution in [0.1, 0.15) is 18.4 Å². The van der Waals surface area contributed by atoms with Crippen molar-refractivity contribution < 1.29 is 0 Å². The van der Waals surface area contributed by atoms with E-state index in [-0.39, 0.29) is 0 Å². The van der Waals surface area contributed by atoms with Gasteiger partial charge in [0.1, 0.15) is 11.3 Å². The van der Waals surface area contributed by atoms with Crippen LogP contribution >= 0.6 is 0 Å². The van der Waals surface area contributed by atoms with Gasteiger partial charge < -0.3 is 4.98 Å². The molecule has 2 rings (SSSR count). The molecule has 0 saturated heterocycles. The molecule has 0 aromatic carbocycles. The number of hydrogen-bond acceptors (Lipinski definition) is 3. The first-order valence-electron chi connectivity index (χ1n) is 3.98. The van der Waals surface area contributed by atoms with Crippen LogP contribution in [0.2, 0.25) is 0 Å². The Kier molecular flexibility index (Phi) is 1.53. The number of nitrogens with one attached hydrogen (secondary N) is 1. The molecule has 0 spiro atoms. The van der Waals surface area contributed by atoms with Crippen LogP contribution in [0.15, 0.2) is 6.33 Å². The summed E-state index contributed by atoms with van der Waals surface area (Å²) >= 11 is 0. The van der Waals surface area contributed by atoms with Crippen molar-refractivity contribution in [1.29, 1.82) is 0 Å². The minimum Gasteiger partial charge on any atom is -0.342 e. The summed E-state index contributed by atoms with van der Waals surface area (Å²) in [4.78, 5) is 15.6. The molecule has 0 saturated carbocycles. The van der Waals surface area contributed by atoms with Crippen molar-refractivity contribution in [3.8, 4) is 0 Å². The van der Waals surface area contributed by atoms with Crippen molar-refractivity contribution >= 4 is 11.2 Å². The minimum absolute atomic E-state index is 0.763. The van der Waals surface area contributed by atoms with Gasteiger partial charge in [0.25, 0.3) is 0 Å². The molecule has 0 aliphatic carbocycles. The number of aromatic amines is 1. The third-order valence-corrected chi connectivity index (χ3v) is 1.81. The van der Waals surface area contributed by atoms with Crippen LogP contribution in [-0.2, 0) is 6.42 Å². The Hall–Kier alpha value is -1.45. The zero-order chi connectivity index (χ0) is 8.55. The normalized spacial score (nSPS) is 10.8. The van der Waals surface area contributed by atoms with Gasteiger partial charge in [0, 0.05) is 0 Å². The highest BCUT2D eigenvalue weighted by molar-refractivity contribution is 5.72. The molecule has 2 heterocycles. The first-order valence-corrected chi connectivity index (χ1v) is 3.98. The van der Waals surface area contributed by atoms with Crippen molar-refractivity contribution in [2.75, 3.05) is 0 Å². The lowest BCUT2D eigenvalue weighted by Gasteiger charge is -1.98. The molecule has 0 aliphatic heterocycles. The number of aryl methyl sites for hydroxylation is 2. The first-order chi connectivity index (χ1) is 5.81. The summed E-state index contributed by atoms with van der Waals surface area (Å²) in [6, 6.07) is 0. The molecule has 4 nitrogen and oxygen atoms in total. The third kappa shape index (κ3) is 0.958. The van der Waals surface area contributed by atoms with Gasteiger partial charge in [-0.1, -0.05) is 6.92 Å². The van der Waals surface area contributed by atoms with Gasteiger partial charge in [0.2, 0.25) is 0 Å². The van der Waals surface area contributed by atoms with Crippen molar-refractivity contribution in [3.63, 3.8) is 0 Å². The van der Waals surface area contributed by atoms with Gasteiger partial charge in [0.05, 0.1) is 12.0 Å². The fraction of sp³-hybridized carbons (Fsp3) is 0.375. The summed E-state index contributed by atoms with van der Waals surface area (Å²) in [6.45, 7) is 3.95. The second-order valence-corrected chi connectivity index (χ2v) is 2.67. The molecule has 0 amide bonds. The second-order valence-electron chi connectivity index (χ2n) is 2.67. The zero-order valence-corrected chi connectivity index (χ0v) is 7.13. The maximum Gasteiger partial charge on any atom is 0.181 e. The van der Waals surface area contributed by atoms with Crippen LogP contribution < -0.4 is 0 Å². The quantitative estimate of drug-likeness (QED) is 0.686. The van der Waals surface area contributed by atoms with Crippen molar-refractivity contribution in [2.24, 2.45) is 0 Å². The Balaban J connectivity index is 2.80. The summed E-state index contributed by atoms with van der Waals surface area (Å²) in [5.74, 6) is 0.784. The van der Waals surface area contributed by atoms with Crippen LogP contribution in [0.5, 0.6) is 0 Å². The van der Waals surface area contributed by atoms with Crippen molar-refractivity contribution in [2.45, 2.75) is 20.3 Å². The van der Waals surface area contributed by atoms with E-state index in [9.17, 15) is 0 Å². The number of fused-ring (bicyclic) bond motifs is 1. The van der Waals surface area contributed by atoms with Crippen molar-refractivity contribution in [1.82, 2.24) is 19.9 Å². The van der Waals surface area contributed by atoms with Crippen LogP contribution in [-0.4, -0.2) is 19.9 Å². The molecule has 62 valence electrons. The molecule has 1 N–H and O–H groups in total. The Morgan fingerprint density at radius 2 is 2.25 bits per heavy atom. The van der Waals surface area contributed by atoms with E-state index in [0.717, 1.165) is 29.1 Å². The second kappa shape index (κ2) is 2.55. The number of rotatable bonds is 1. The van der Waals surface area contributed by atoms with Crippen LogP contribution in [0.25, 0.3) is 11.2 Å². The minimum atomic E-state index is 0.763. The summed E-state index contributed by atoms with van der Waals surface area (Å²) in [6.07, 6.45) is 2.56. The molecule has 0 atom stereocenters. The Morgan fingerprint density at radius 3 is 3.00 bits per heavy atom. The summed E-state index contributed by atoms with van der Waals surface area (Å²) in [7, 11) is 0. The lowest BCUT2D eigenvalue weighted by atomic mass is 10.3. The average molecular weight is 162 g/mol. The van der Waals surface area contributed by atoms with Gasteiger partial charge in [0.15, 0.2) is 5.65 Å². The summed E-state index contributed by atoms with van der Waals surface area (Å²) in [5, 5.41) is 0.